The topological polar surface area (TPSA) is 114 Å². The van der Waals surface area contributed by atoms with Crippen LogP contribution in [-0.4, -0.2) is 69.4 Å². The van der Waals surface area contributed by atoms with E-state index in [0.717, 1.165) is 57.8 Å². The summed E-state index contributed by atoms with van der Waals surface area (Å²) in [5.41, 5.74) is 0. The lowest BCUT2D eigenvalue weighted by Gasteiger charge is -2.30. The molecule has 0 aromatic carbocycles. The fraction of sp³-hybridized carbons (Fsp3) is 0.899. The molecular formula is C79H153N2O7P. The number of phosphoric ester groups is 1. The molecule has 0 saturated heterocycles. The predicted molar refractivity (Wildman–Crippen MR) is 386 cm³/mol. The van der Waals surface area contributed by atoms with Gasteiger partial charge < -0.3 is 28.5 Å². The van der Waals surface area contributed by atoms with Gasteiger partial charge in [-0.15, -0.1) is 0 Å². The maximum absolute atomic E-state index is 13.6. The van der Waals surface area contributed by atoms with Crippen LogP contribution in [0.4, 0.5) is 0 Å². The molecule has 3 unspecified atom stereocenters. The number of hydrogen-bond acceptors (Lipinski definition) is 7. The second-order valence-corrected chi connectivity index (χ2v) is 29.6. The lowest BCUT2D eigenvalue weighted by Crippen LogP contribution is -2.47. The largest absolute Gasteiger partial charge is 0.756 e. The van der Waals surface area contributed by atoms with Gasteiger partial charge in [0.25, 0.3) is 7.82 Å². The zero-order valence-corrected chi connectivity index (χ0v) is 61.3. The lowest BCUT2D eigenvalue weighted by atomic mass is 10.0. The molecule has 1 amide bonds. The van der Waals surface area contributed by atoms with E-state index in [1.807, 2.05) is 33.3 Å². The number of carbonyl (C=O) groups excluding carboxylic acids is 2. The Bertz CT molecular complexity index is 1610. The number of quaternary nitrogens is 1. The summed E-state index contributed by atoms with van der Waals surface area (Å²) in [4.78, 5) is 40.3. The van der Waals surface area contributed by atoms with Crippen molar-refractivity contribution in [1.82, 2.24) is 5.32 Å². The molecule has 0 aliphatic heterocycles. The Morgan fingerprint density at radius 1 is 0.382 bits per heavy atom. The normalized spacial score (nSPS) is 13.6. The molecule has 9 nitrogen and oxygen atoms in total. The van der Waals surface area contributed by atoms with Crippen LogP contribution < -0.4 is 10.2 Å². The van der Waals surface area contributed by atoms with Crippen molar-refractivity contribution in [2.24, 2.45) is 0 Å². The van der Waals surface area contributed by atoms with Crippen molar-refractivity contribution in [3.8, 4) is 0 Å². The fourth-order valence-corrected chi connectivity index (χ4v) is 12.7. The molecule has 0 radical (unpaired) electrons. The summed E-state index contributed by atoms with van der Waals surface area (Å²) < 4.78 is 30.6. The van der Waals surface area contributed by atoms with Crippen molar-refractivity contribution in [2.75, 3.05) is 40.9 Å². The zero-order valence-electron chi connectivity index (χ0n) is 60.4. The number of hydrogen-bond donors (Lipinski definition) is 1. The predicted octanol–water partition coefficient (Wildman–Crippen LogP) is 24.7. The zero-order chi connectivity index (χ0) is 64.9. The van der Waals surface area contributed by atoms with Crippen LogP contribution in [0.25, 0.3) is 0 Å². The molecule has 0 rings (SSSR count). The third-order valence-electron chi connectivity index (χ3n) is 18.0. The number of amides is 1. The minimum atomic E-state index is -4.71. The highest BCUT2D eigenvalue weighted by Gasteiger charge is 2.27. The van der Waals surface area contributed by atoms with E-state index in [9.17, 15) is 19.0 Å². The number of likely N-dealkylation sites (N-methyl/N-ethyl adjacent to an activating group) is 1. The molecule has 0 saturated carbocycles. The Balaban J connectivity index is 4.96. The van der Waals surface area contributed by atoms with Crippen LogP contribution in [0.1, 0.15) is 406 Å². The number of ether oxygens (including phenoxy) is 1. The molecule has 1 N–H and O–H groups in total. The first kappa shape index (κ1) is 87.2. The maximum Gasteiger partial charge on any atom is 0.306 e. The second-order valence-electron chi connectivity index (χ2n) is 28.2. The second kappa shape index (κ2) is 69.1. The molecule has 0 fully saturated rings. The summed E-state index contributed by atoms with van der Waals surface area (Å²) in [6, 6.07) is -0.886. The molecule has 0 aliphatic carbocycles. The Hall–Kier alpha value is -1.77. The number of nitrogens with one attached hydrogen (secondary N) is 1. The van der Waals surface area contributed by atoms with E-state index in [-0.39, 0.29) is 31.5 Å². The van der Waals surface area contributed by atoms with Gasteiger partial charge in [0.05, 0.1) is 33.8 Å². The average Bonchev–Trinajstić information content (AvgIpc) is 3.67. The van der Waals surface area contributed by atoms with Gasteiger partial charge in [0.15, 0.2) is 0 Å². The number of carbonyl (C=O) groups is 2. The van der Waals surface area contributed by atoms with Gasteiger partial charge in [-0.2, -0.15) is 0 Å². The van der Waals surface area contributed by atoms with Crippen LogP contribution in [0.3, 0.4) is 0 Å². The van der Waals surface area contributed by atoms with Gasteiger partial charge >= 0.3 is 5.97 Å². The minimum Gasteiger partial charge on any atom is -0.756 e. The van der Waals surface area contributed by atoms with Gasteiger partial charge in [0.1, 0.15) is 19.3 Å². The number of nitrogens with zero attached hydrogens (tertiary/aromatic N) is 1. The number of unbranched alkanes of at least 4 members (excludes halogenated alkanes) is 53. The Kier molecular flexibility index (Phi) is 67.7. The van der Waals surface area contributed by atoms with Crippen LogP contribution in [0.15, 0.2) is 36.5 Å². The van der Waals surface area contributed by atoms with Crippen molar-refractivity contribution < 1.29 is 37.3 Å². The Morgan fingerprint density at radius 2 is 0.652 bits per heavy atom. The highest BCUT2D eigenvalue weighted by atomic mass is 31.2. The molecule has 0 aliphatic rings. The van der Waals surface area contributed by atoms with Crippen molar-refractivity contribution in [1.29, 1.82) is 0 Å². The van der Waals surface area contributed by atoms with Crippen LogP contribution in [0, 0.1) is 0 Å². The van der Waals surface area contributed by atoms with Crippen molar-refractivity contribution >= 4 is 19.7 Å². The quantitative estimate of drug-likeness (QED) is 0.0212. The first-order chi connectivity index (χ1) is 43.4. The number of rotatable bonds is 73. The summed E-state index contributed by atoms with van der Waals surface area (Å²) in [7, 11) is 1.21. The molecule has 89 heavy (non-hydrogen) atoms. The molecule has 10 heteroatoms. The molecule has 526 valence electrons. The minimum absolute atomic E-state index is 0.0188. The summed E-state index contributed by atoms with van der Waals surface area (Å²) in [6.07, 6.45) is 87.1. The Morgan fingerprint density at radius 3 is 0.955 bits per heavy atom. The van der Waals surface area contributed by atoms with E-state index in [1.165, 1.54) is 315 Å². The lowest BCUT2D eigenvalue weighted by molar-refractivity contribution is -0.870. The van der Waals surface area contributed by atoms with Crippen LogP contribution in [0.2, 0.25) is 0 Å². The van der Waals surface area contributed by atoms with Crippen molar-refractivity contribution in [3.63, 3.8) is 0 Å². The van der Waals surface area contributed by atoms with E-state index in [4.69, 9.17) is 13.8 Å². The van der Waals surface area contributed by atoms with Crippen molar-refractivity contribution in [2.45, 2.75) is 418 Å². The van der Waals surface area contributed by atoms with E-state index < -0.39 is 20.0 Å². The fourth-order valence-electron chi connectivity index (χ4n) is 12.0. The number of allylic oxidation sites excluding steroid dienone is 5. The van der Waals surface area contributed by atoms with Gasteiger partial charge in [-0.25, -0.2) is 0 Å². The summed E-state index contributed by atoms with van der Waals surface area (Å²) in [5, 5.41) is 3.06. The molecule has 0 spiro atoms. The molecule has 0 aromatic rings. The molecular weight excluding hydrogens is 1120 g/mol. The first-order valence-electron chi connectivity index (χ1n) is 39.3. The summed E-state index contributed by atoms with van der Waals surface area (Å²) >= 11 is 0. The van der Waals surface area contributed by atoms with E-state index in [0.29, 0.717) is 17.4 Å². The van der Waals surface area contributed by atoms with Crippen molar-refractivity contribution in [3.05, 3.63) is 36.5 Å². The molecule has 0 heterocycles. The van der Waals surface area contributed by atoms with E-state index in [1.54, 1.807) is 0 Å². The highest BCUT2D eigenvalue weighted by molar-refractivity contribution is 7.45. The number of esters is 1. The molecule has 0 aromatic heterocycles. The van der Waals surface area contributed by atoms with E-state index in [2.05, 4.69) is 50.4 Å². The van der Waals surface area contributed by atoms with Crippen LogP contribution >= 0.6 is 7.82 Å². The first-order valence-corrected chi connectivity index (χ1v) is 40.8. The van der Waals surface area contributed by atoms with Gasteiger partial charge in [-0.05, 0) is 83.1 Å². The monoisotopic (exact) mass is 1270 g/mol. The van der Waals surface area contributed by atoms with E-state index >= 15 is 0 Å². The maximum atomic E-state index is 13.6. The average molecular weight is 1270 g/mol. The Labute approximate surface area is 555 Å². The van der Waals surface area contributed by atoms with Crippen LogP contribution in [-0.2, 0) is 27.9 Å². The van der Waals surface area contributed by atoms with Gasteiger partial charge in [0.2, 0.25) is 5.91 Å². The smallest absolute Gasteiger partial charge is 0.306 e. The molecule has 0 bridgehead atoms. The third-order valence-corrected chi connectivity index (χ3v) is 19.0. The third kappa shape index (κ3) is 70.4. The summed E-state index contributed by atoms with van der Waals surface area (Å²) in [6.45, 7) is 6.91. The van der Waals surface area contributed by atoms with Crippen LogP contribution in [0.5, 0.6) is 0 Å². The highest BCUT2D eigenvalue weighted by Crippen LogP contribution is 2.38. The molecule has 3 atom stereocenters. The SMILES string of the molecule is CCCCCCCC/C=C/CCCCCCCCCCCCCCCCCC(=O)NC(COP(=O)([O-])OCC[N+](C)(C)C)C(/C=C/CCCCCCCCCCCCC)OC(=O)CCCCCCCCCCCCCCCCC/C=C/CCCCCCCC. The van der Waals surface area contributed by atoms with Gasteiger partial charge in [-0.3, -0.25) is 14.2 Å². The van der Waals surface area contributed by atoms with Gasteiger partial charge in [-0.1, -0.05) is 347 Å². The van der Waals surface area contributed by atoms with Gasteiger partial charge in [0, 0.05) is 12.8 Å². The number of phosphoric acid groups is 1. The summed E-state index contributed by atoms with van der Waals surface area (Å²) in [5.74, 6) is -0.516. The standard InChI is InChI=1S/C79H153N2O7P/c1-7-10-13-16-19-22-25-28-30-32-34-36-38-40-42-44-46-48-50-53-56-59-62-65-68-71-78(82)80-76(75-87-89(84,85)86-74-73-81(4,5)6)77(70-67-64-61-58-55-52-27-24-21-18-15-12-9-3)88-79(83)72-69-66-63-60-57-54-51-49-47-45-43-41-39-37-35-33-31-29-26-23-20-17-14-11-8-2/h28-31,67,70,76-77H,7-27,32-66,68-69,71-75H2,1-6H3,(H-,80,82,84,85)/b30-28+,31-29+,70-67+.